The van der Waals surface area contributed by atoms with E-state index in [4.69, 9.17) is 0 Å². The Balaban J connectivity index is 1.37. The van der Waals surface area contributed by atoms with Gasteiger partial charge in [0.25, 0.3) is 0 Å². The summed E-state index contributed by atoms with van der Waals surface area (Å²) in [5.74, 6) is 0.416. The van der Waals surface area contributed by atoms with Gasteiger partial charge in [-0.15, -0.1) is 13.2 Å². The number of hydrogen-bond donors (Lipinski definition) is 3. The van der Waals surface area contributed by atoms with Gasteiger partial charge in [0.05, 0.1) is 11.7 Å². The van der Waals surface area contributed by atoms with E-state index < -0.39 is 6.36 Å². The van der Waals surface area contributed by atoms with Gasteiger partial charge in [0.15, 0.2) is 11.6 Å². The highest BCUT2D eigenvalue weighted by Gasteiger charge is 2.31. The smallest absolute Gasteiger partial charge is 0.406 e. The summed E-state index contributed by atoms with van der Waals surface area (Å²) >= 11 is 0. The number of benzene rings is 3. The fraction of sp³-hybridized carbons (Fsp3) is 0.0870. The number of aromatic nitrogens is 5. The van der Waals surface area contributed by atoms with E-state index in [9.17, 15) is 13.2 Å². The van der Waals surface area contributed by atoms with E-state index in [1.165, 1.54) is 18.2 Å². The van der Waals surface area contributed by atoms with Crippen molar-refractivity contribution >= 4 is 16.6 Å². The second kappa shape index (κ2) is 8.30. The van der Waals surface area contributed by atoms with Crippen molar-refractivity contribution in [2.75, 3.05) is 5.32 Å². The molecule has 0 aliphatic rings. The lowest BCUT2D eigenvalue weighted by atomic mass is 10.1. The van der Waals surface area contributed by atoms with Gasteiger partial charge >= 0.3 is 6.36 Å². The van der Waals surface area contributed by atoms with Crippen molar-refractivity contribution in [3.8, 4) is 28.5 Å². The lowest BCUT2D eigenvalue weighted by Gasteiger charge is -2.10. The first-order valence-corrected chi connectivity index (χ1v) is 9.98. The summed E-state index contributed by atoms with van der Waals surface area (Å²) in [5, 5.41) is 18.5. The molecule has 3 aromatic carbocycles. The van der Waals surface area contributed by atoms with Crippen molar-refractivity contribution in [3.63, 3.8) is 0 Å². The van der Waals surface area contributed by atoms with E-state index in [2.05, 4.69) is 35.4 Å². The van der Waals surface area contributed by atoms with Crippen LogP contribution < -0.4 is 10.1 Å². The molecular formula is C23H17F3N6O. The van der Waals surface area contributed by atoms with Crippen LogP contribution in [0.4, 0.5) is 18.9 Å². The molecule has 0 bridgehead atoms. The van der Waals surface area contributed by atoms with Gasteiger partial charge in [-0.3, -0.25) is 10.2 Å². The van der Waals surface area contributed by atoms with Crippen molar-refractivity contribution in [1.29, 1.82) is 0 Å². The highest BCUT2D eigenvalue weighted by atomic mass is 19.4. The van der Waals surface area contributed by atoms with Crippen molar-refractivity contribution in [3.05, 3.63) is 78.5 Å². The molecule has 0 fully saturated rings. The van der Waals surface area contributed by atoms with Gasteiger partial charge in [0.1, 0.15) is 5.75 Å². The molecule has 0 radical (unpaired) electrons. The number of alkyl halides is 3. The van der Waals surface area contributed by atoms with Crippen LogP contribution in [-0.4, -0.2) is 31.7 Å². The Morgan fingerprint density at radius 3 is 2.70 bits per heavy atom. The molecule has 2 heterocycles. The van der Waals surface area contributed by atoms with Crippen molar-refractivity contribution in [1.82, 2.24) is 25.4 Å². The predicted octanol–water partition coefficient (Wildman–Crippen LogP) is 5.53. The number of anilines is 1. The monoisotopic (exact) mass is 450 g/mol. The van der Waals surface area contributed by atoms with Gasteiger partial charge in [-0.1, -0.05) is 36.4 Å². The largest absolute Gasteiger partial charge is 0.573 e. The van der Waals surface area contributed by atoms with Crippen molar-refractivity contribution in [2.24, 2.45) is 0 Å². The topological polar surface area (TPSA) is 91.5 Å². The summed E-state index contributed by atoms with van der Waals surface area (Å²) in [6.45, 7) is 0.573. The lowest BCUT2D eigenvalue weighted by Crippen LogP contribution is -2.17. The molecule has 0 saturated carbocycles. The maximum absolute atomic E-state index is 12.5. The third-order valence-corrected chi connectivity index (χ3v) is 4.98. The van der Waals surface area contributed by atoms with E-state index in [1.807, 2.05) is 42.5 Å². The number of rotatable bonds is 6. The molecule has 0 saturated heterocycles. The van der Waals surface area contributed by atoms with E-state index in [0.717, 1.165) is 27.7 Å². The van der Waals surface area contributed by atoms with E-state index in [1.54, 1.807) is 12.3 Å². The minimum atomic E-state index is -4.77. The number of aromatic amines is 2. The molecule has 7 nitrogen and oxygen atoms in total. The Kier molecular flexibility index (Phi) is 5.17. The number of ether oxygens (including phenoxy) is 1. The molecule has 5 aromatic rings. The number of fused-ring (bicyclic) bond motifs is 1. The SMILES string of the molecule is FC(F)(F)Oc1cccc(-c2n[nH]c(-c3ccccc3NCc3ccc4cn[nH]c4c3)n2)c1. The second-order valence-electron chi connectivity index (χ2n) is 7.27. The highest BCUT2D eigenvalue weighted by Crippen LogP contribution is 2.30. The third-order valence-electron chi connectivity index (χ3n) is 4.98. The van der Waals surface area contributed by atoms with Gasteiger partial charge in [-0.25, -0.2) is 4.98 Å². The fourth-order valence-corrected chi connectivity index (χ4v) is 3.48. The molecule has 10 heteroatoms. The molecule has 0 spiro atoms. The zero-order valence-electron chi connectivity index (χ0n) is 17.0. The van der Waals surface area contributed by atoms with Crippen LogP contribution in [0.15, 0.2) is 72.9 Å². The summed E-state index contributed by atoms with van der Waals surface area (Å²) in [6.07, 6.45) is -3.00. The van der Waals surface area contributed by atoms with Gasteiger partial charge in [-0.2, -0.15) is 10.2 Å². The number of para-hydroxylation sites is 1. The number of halogens is 3. The first kappa shape index (κ1) is 20.6. The summed E-state index contributed by atoms with van der Waals surface area (Å²) in [4.78, 5) is 4.48. The Hall–Kier alpha value is -4.34. The average Bonchev–Trinajstić information content (AvgIpc) is 3.46. The quantitative estimate of drug-likeness (QED) is 0.317. The molecule has 2 aromatic heterocycles. The molecule has 0 amide bonds. The van der Waals surface area contributed by atoms with Crippen LogP contribution >= 0.6 is 0 Å². The Labute approximate surface area is 185 Å². The fourth-order valence-electron chi connectivity index (χ4n) is 3.48. The molecule has 0 atom stereocenters. The zero-order chi connectivity index (χ0) is 22.8. The first-order chi connectivity index (χ1) is 15.9. The molecule has 0 unspecified atom stereocenters. The van der Waals surface area contributed by atoms with E-state index >= 15 is 0 Å². The summed E-state index contributed by atoms with van der Waals surface area (Å²) in [7, 11) is 0. The average molecular weight is 450 g/mol. The maximum atomic E-state index is 12.5. The van der Waals surface area contributed by atoms with Crippen molar-refractivity contribution in [2.45, 2.75) is 12.9 Å². The number of hydrogen-bond acceptors (Lipinski definition) is 5. The number of nitrogens with zero attached hydrogens (tertiary/aromatic N) is 3. The summed E-state index contributed by atoms with van der Waals surface area (Å²) in [6, 6.07) is 19.2. The summed E-state index contributed by atoms with van der Waals surface area (Å²) < 4.78 is 41.6. The minimum Gasteiger partial charge on any atom is -0.406 e. The molecule has 3 N–H and O–H groups in total. The first-order valence-electron chi connectivity index (χ1n) is 9.98. The highest BCUT2D eigenvalue weighted by molar-refractivity contribution is 5.79. The Morgan fingerprint density at radius 1 is 0.939 bits per heavy atom. The molecular weight excluding hydrogens is 433 g/mol. The normalized spacial score (nSPS) is 11.6. The van der Waals surface area contributed by atoms with Crippen LogP contribution in [0.2, 0.25) is 0 Å². The second-order valence-corrected chi connectivity index (χ2v) is 7.27. The van der Waals surface area contributed by atoms with Crippen LogP contribution in [0.3, 0.4) is 0 Å². The minimum absolute atomic E-state index is 0.261. The number of H-pyrrole nitrogens is 2. The zero-order valence-corrected chi connectivity index (χ0v) is 17.0. The predicted molar refractivity (Wildman–Crippen MR) is 117 cm³/mol. The van der Waals surface area contributed by atoms with Crippen LogP contribution in [0, 0.1) is 0 Å². The van der Waals surface area contributed by atoms with E-state index in [0.29, 0.717) is 17.9 Å². The lowest BCUT2D eigenvalue weighted by molar-refractivity contribution is -0.274. The standard InChI is InChI=1S/C23H17F3N6O/c24-23(25,26)33-17-5-3-4-15(11-17)21-29-22(32-31-21)18-6-1-2-7-19(18)27-12-14-8-9-16-13-28-30-20(16)10-14/h1-11,13,27H,12H2,(H,28,30)(H,29,31,32). The van der Waals surface area contributed by atoms with Crippen LogP contribution in [-0.2, 0) is 6.54 Å². The maximum Gasteiger partial charge on any atom is 0.573 e. The van der Waals surface area contributed by atoms with Crippen molar-refractivity contribution < 1.29 is 17.9 Å². The van der Waals surface area contributed by atoms with Gasteiger partial charge in [0.2, 0.25) is 0 Å². The van der Waals surface area contributed by atoms with Crippen LogP contribution in [0.5, 0.6) is 5.75 Å². The van der Waals surface area contributed by atoms with Gasteiger partial charge in [0, 0.05) is 28.7 Å². The molecule has 0 aliphatic carbocycles. The molecule has 0 aliphatic heterocycles. The number of nitrogens with one attached hydrogen (secondary N) is 3. The van der Waals surface area contributed by atoms with Gasteiger partial charge in [-0.05, 0) is 35.9 Å². The third kappa shape index (κ3) is 4.64. The van der Waals surface area contributed by atoms with Crippen LogP contribution in [0.25, 0.3) is 33.7 Å². The van der Waals surface area contributed by atoms with E-state index in [-0.39, 0.29) is 11.6 Å². The molecule has 5 rings (SSSR count). The Morgan fingerprint density at radius 2 is 1.82 bits per heavy atom. The van der Waals surface area contributed by atoms with Gasteiger partial charge < -0.3 is 10.1 Å². The molecule has 166 valence electrons. The van der Waals surface area contributed by atoms with Crippen LogP contribution in [0.1, 0.15) is 5.56 Å². The Bertz CT molecular complexity index is 1410. The summed E-state index contributed by atoms with van der Waals surface area (Å²) in [5.41, 5.74) is 4.04. The molecule has 33 heavy (non-hydrogen) atoms.